The van der Waals surface area contributed by atoms with Crippen LogP contribution >= 0.6 is 62.1 Å². The minimum atomic E-state index is -0.189. The van der Waals surface area contributed by atoms with Crippen molar-refractivity contribution in [3.63, 3.8) is 0 Å². The molecule has 0 aliphatic carbocycles. The molecule has 5 heteroatoms. The molecule has 0 fully saturated rings. The number of benzene rings is 1. The number of halogens is 4. The van der Waals surface area contributed by atoms with Crippen molar-refractivity contribution in [2.45, 2.75) is 5.38 Å². The van der Waals surface area contributed by atoms with Gasteiger partial charge in [-0.2, -0.15) is 0 Å². The number of hydrogen-bond acceptors (Lipinski definition) is 1. The molecule has 0 saturated heterocycles. The van der Waals surface area contributed by atoms with E-state index in [1.165, 1.54) is 0 Å². The summed E-state index contributed by atoms with van der Waals surface area (Å²) in [6.07, 6.45) is 0. The first-order valence-corrected chi connectivity index (χ1v) is 7.22. The van der Waals surface area contributed by atoms with Crippen molar-refractivity contribution < 1.29 is 0 Å². The van der Waals surface area contributed by atoms with Crippen LogP contribution in [0.1, 0.15) is 15.8 Å². The van der Waals surface area contributed by atoms with Crippen molar-refractivity contribution in [2.24, 2.45) is 0 Å². The number of rotatable bonds is 2. The van der Waals surface area contributed by atoms with Crippen LogP contribution in [0.3, 0.4) is 0 Å². The fourth-order valence-electron chi connectivity index (χ4n) is 1.28. The Morgan fingerprint density at radius 3 is 2.25 bits per heavy atom. The van der Waals surface area contributed by atoms with Crippen molar-refractivity contribution in [3.8, 4) is 0 Å². The molecule has 0 N–H and O–H groups in total. The summed E-state index contributed by atoms with van der Waals surface area (Å²) >= 11 is 23.1. The van der Waals surface area contributed by atoms with Crippen LogP contribution in [-0.4, -0.2) is 0 Å². The van der Waals surface area contributed by atoms with Gasteiger partial charge in [0, 0.05) is 9.90 Å². The third-order valence-electron chi connectivity index (χ3n) is 2.08. The van der Waals surface area contributed by atoms with Crippen LogP contribution in [0, 0.1) is 0 Å². The lowest BCUT2D eigenvalue weighted by Crippen LogP contribution is -1.88. The molecule has 1 unspecified atom stereocenters. The van der Waals surface area contributed by atoms with E-state index in [0.717, 1.165) is 14.2 Å². The van der Waals surface area contributed by atoms with Crippen molar-refractivity contribution in [1.29, 1.82) is 0 Å². The fraction of sp³-hybridized carbons (Fsp3) is 0.0909. The van der Waals surface area contributed by atoms with Crippen molar-refractivity contribution >= 4 is 62.1 Å². The van der Waals surface area contributed by atoms with Crippen molar-refractivity contribution in [1.82, 2.24) is 0 Å². The molecular weight excluding hydrogens is 350 g/mol. The first-order valence-electron chi connectivity index (χ1n) is 4.42. The highest BCUT2D eigenvalue weighted by Gasteiger charge is 2.15. The maximum atomic E-state index is 6.36. The van der Waals surface area contributed by atoms with E-state index in [1.54, 1.807) is 11.3 Å². The zero-order valence-electron chi connectivity index (χ0n) is 7.88. The van der Waals surface area contributed by atoms with E-state index in [0.29, 0.717) is 10.0 Å². The summed E-state index contributed by atoms with van der Waals surface area (Å²) in [6, 6.07) is 9.37. The number of alkyl halides is 1. The molecule has 1 atom stereocenters. The van der Waals surface area contributed by atoms with Crippen LogP contribution in [0.5, 0.6) is 0 Å². The standard InChI is InChI=1S/C11H6BrCl3S/c12-11-8(14)5-9(16-11)10(15)6-1-3-7(13)4-2-6/h1-5,10H. The van der Waals surface area contributed by atoms with Gasteiger partial charge in [-0.25, -0.2) is 0 Å². The van der Waals surface area contributed by atoms with Crippen LogP contribution in [-0.2, 0) is 0 Å². The van der Waals surface area contributed by atoms with E-state index in [2.05, 4.69) is 15.9 Å². The maximum absolute atomic E-state index is 6.36. The van der Waals surface area contributed by atoms with Gasteiger partial charge in [0.25, 0.3) is 0 Å². The Balaban J connectivity index is 2.31. The molecule has 1 aromatic carbocycles. The van der Waals surface area contributed by atoms with Gasteiger partial charge in [-0.1, -0.05) is 35.3 Å². The Bertz CT molecular complexity index is 473. The Hall–Kier alpha value is 0.270. The van der Waals surface area contributed by atoms with Gasteiger partial charge in [0.2, 0.25) is 0 Å². The second kappa shape index (κ2) is 5.28. The first-order chi connectivity index (χ1) is 7.58. The molecule has 0 radical (unpaired) electrons. The van der Waals surface area contributed by atoms with Gasteiger partial charge in [-0.15, -0.1) is 22.9 Å². The van der Waals surface area contributed by atoms with E-state index < -0.39 is 0 Å². The molecule has 1 aromatic heterocycles. The van der Waals surface area contributed by atoms with Gasteiger partial charge in [-0.3, -0.25) is 0 Å². The lowest BCUT2D eigenvalue weighted by atomic mass is 10.1. The van der Waals surface area contributed by atoms with Crippen molar-refractivity contribution in [2.75, 3.05) is 0 Å². The number of thiophene rings is 1. The third-order valence-corrected chi connectivity index (χ3v) is 5.48. The van der Waals surface area contributed by atoms with Crippen LogP contribution in [0.15, 0.2) is 34.1 Å². The van der Waals surface area contributed by atoms with Crippen molar-refractivity contribution in [3.05, 3.63) is 54.6 Å². The van der Waals surface area contributed by atoms with Crippen LogP contribution in [0.4, 0.5) is 0 Å². The van der Waals surface area contributed by atoms with Gasteiger partial charge < -0.3 is 0 Å². The topological polar surface area (TPSA) is 0 Å². The Kier molecular flexibility index (Phi) is 4.20. The predicted octanol–water partition coefficient (Wildman–Crippen LogP) is 6.15. The van der Waals surface area contributed by atoms with Crippen LogP contribution in [0.2, 0.25) is 10.0 Å². The Labute approximate surface area is 121 Å². The average molecular weight is 356 g/mol. The summed E-state index contributed by atoms with van der Waals surface area (Å²) < 4.78 is 0.906. The molecule has 0 saturated carbocycles. The third kappa shape index (κ3) is 2.74. The minimum absolute atomic E-state index is 0.189. The van der Waals surface area contributed by atoms with E-state index in [9.17, 15) is 0 Å². The number of hydrogen-bond donors (Lipinski definition) is 0. The van der Waals surface area contributed by atoms with Gasteiger partial charge in [0.15, 0.2) is 0 Å². The predicted molar refractivity (Wildman–Crippen MR) is 76.2 cm³/mol. The first kappa shape index (κ1) is 12.7. The summed E-state index contributed by atoms with van der Waals surface area (Å²) in [5.74, 6) is 0. The summed E-state index contributed by atoms with van der Waals surface area (Å²) in [5, 5.41) is 1.21. The second-order valence-corrected chi connectivity index (χ2v) is 6.87. The SMILES string of the molecule is Clc1ccc(C(Cl)c2cc(Cl)c(Br)s2)cc1. The lowest BCUT2D eigenvalue weighted by Gasteiger charge is -2.07. The molecular formula is C11H6BrCl3S. The summed E-state index contributed by atoms with van der Waals surface area (Å²) in [4.78, 5) is 1.01. The van der Waals surface area contributed by atoms with E-state index in [4.69, 9.17) is 34.8 Å². The van der Waals surface area contributed by atoms with Gasteiger partial charge in [0.05, 0.1) is 14.2 Å². The smallest absolute Gasteiger partial charge is 0.0928 e. The maximum Gasteiger partial charge on any atom is 0.0928 e. The molecule has 0 aliphatic rings. The zero-order valence-corrected chi connectivity index (χ0v) is 12.6. The molecule has 0 bridgehead atoms. The normalized spacial score (nSPS) is 12.8. The van der Waals surface area contributed by atoms with Crippen LogP contribution < -0.4 is 0 Å². The van der Waals surface area contributed by atoms with E-state index in [-0.39, 0.29) is 5.38 Å². The lowest BCUT2D eigenvalue weighted by molar-refractivity contribution is 1.18. The largest absolute Gasteiger partial charge is 0.130 e. The highest BCUT2D eigenvalue weighted by Crippen LogP contribution is 2.40. The summed E-state index contributed by atoms with van der Waals surface area (Å²) in [5.41, 5.74) is 1.01. The quantitative estimate of drug-likeness (QED) is 0.567. The highest BCUT2D eigenvalue weighted by molar-refractivity contribution is 9.11. The molecule has 2 rings (SSSR count). The molecule has 16 heavy (non-hydrogen) atoms. The molecule has 0 nitrogen and oxygen atoms in total. The molecule has 2 aromatic rings. The highest BCUT2D eigenvalue weighted by atomic mass is 79.9. The van der Waals surface area contributed by atoms with E-state index in [1.807, 2.05) is 30.3 Å². The molecule has 0 amide bonds. The minimum Gasteiger partial charge on any atom is -0.130 e. The molecule has 0 aliphatic heterocycles. The zero-order chi connectivity index (χ0) is 11.7. The van der Waals surface area contributed by atoms with Gasteiger partial charge in [-0.05, 0) is 39.7 Å². The fourth-order valence-corrected chi connectivity index (χ4v) is 3.51. The Morgan fingerprint density at radius 2 is 1.75 bits per heavy atom. The summed E-state index contributed by atoms with van der Waals surface area (Å²) in [7, 11) is 0. The monoisotopic (exact) mass is 354 g/mol. The average Bonchev–Trinajstić information content (AvgIpc) is 2.59. The second-order valence-electron chi connectivity index (χ2n) is 3.18. The summed E-state index contributed by atoms with van der Waals surface area (Å²) in [6.45, 7) is 0. The molecule has 84 valence electrons. The molecule has 1 heterocycles. The van der Waals surface area contributed by atoms with Gasteiger partial charge in [0.1, 0.15) is 0 Å². The van der Waals surface area contributed by atoms with E-state index >= 15 is 0 Å². The Morgan fingerprint density at radius 1 is 1.12 bits per heavy atom. The van der Waals surface area contributed by atoms with Gasteiger partial charge >= 0.3 is 0 Å². The van der Waals surface area contributed by atoms with Crippen LogP contribution in [0.25, 0.3) is 0 Å². The molecule has 0 spiro atoms.